The number of hydrogen-bond donors (Lipinski definition) is 2. The summed E-state index contributed by atoms with van der Waals surface area (Å²) in [6, 6.07) is 2.01. The van der Waals surface area contributed by atoms with Crippen molar-refractivity contribution in [3.63, 3.8) is 0 Å². The smallest absolute Gasteiger partial charge is 0.126 e. The van der Waals surface area contributed by atoms with Crippen LogP contribution in [-0.4, -0.2) is 18.1 Å². The third-order valence-corrected chi connectivity index (χ3v) is 2.35. The number of nitrogens with one attached hydrogen (secondary N) is 1. The number of anilines is 1. The van der Waals surface area contributed by atoms with Crippen LogP contribution in [0.15, 0.2) is 12.3 Å². The van der Waals surface area contributed by atoms with Gasteiger partial charge in [-0.2, -0.15) is 0 Å². The Bertz CT molecular complexity index is 264. The van der Waals surface area contributed by atoms with Gasteiger partial charge in [-0.25, -0.2) is 4.98 Å². The Morgan fingerprint density at radius 3 is 2.93 bits per heavy atom. The minimum absolute atomic E-state index is 0.682. The number of nitrogen functional groups attached to an aromatic ring is 1. The van der Waals surface area contributed by atoms with Crippen molar-refractivity contribution in [2.75, 3.05) is 18.8 Å². The summed E-state index contributed by atoms with van der Waals surface area (Å²) in [5, 5.41) is 3.30. The molecular weight excluding hydrogens is 174 g/mol. The van der Waals surface area contributed by atoms with Crippen molar-refractivity contribution in [3.05, 3.63) is 23.4 Å². The Morgan fingerprint density at radius 2 is 2.29 bits per heavy atom. The van der Waals surface area contributed by atoms with Crippen LogP contribution < -0.4 is 11.1 Å². The highest BCUT2D eigenvalue weighted by atomic mass is 14.8. The number of nitrogens with two attached hydrogens (primary N) is 1. The van der Waals surface area contributed by atoms with Crippen molar-refractivity contribution >= 4 is 5.82 Å². The van der Waals surface area contributed by atoms with Gasteiger partial charge in [0.15, 0.2) is 0 Å². The number of nitrogens with zero attached hydrogens (tertiary/aromatic N) is 1. The zero-order valence-electron chi connectivity index (χ0n) is 9.01. The van der Waals surface area contributed by atoms with E-state index in [-0.39, 0.29) is 0 Å². The first kappa shape index (κ1) is 11.0. The largest absolute Gasteiger partial charge is 0.383 e. The maximum Gasteiger partial charge on any atom is 0.126 e. The predicted molar refractivity (Wildman–Crippen MR) is 60.3 cm³/mol. The number of aryl methyl sites for hydroxylation is 1. The van der Waals surface area contributed by atoms with Gasteiger partial charge < -0.3 is 11.1 Å². The normalized spacial score (nSPS) is 10.4. The van der Waals surface area contributed by atoms with Crippen LogP contribution in [0.4, 0.5) is 5.82 Å². The van der Waals surface area contributed by atoms with Crippen LogP contribution in [0.5, 0.6) is 0 Å². The molecule has 0 aliphatic heterocycles. The van der Waals surface area contributed by atoms with Crippen molar-refractivity contribution < 1.29 is 0 Å². The predicted octanol–water partition coefficient (Wildman–Crippen LogP) is 1.51. The van der Waals surface area contributed by atoms with Gasteiger partial charge in [0.05, 0.1) is 0 Å². The van der Waals surface area contributed by atoms with E-state index in [4.69, 9.17) is 5.73 Å². The van der Waals surface area contributed by atoms with Crippen molar-refractivity contribution in [2.45, 2.75) is 26.7 Å². The molecule has 0 amide bonds. The lowest BCUT2D eigenvalue weighted by atomic mass is 10.1. The van der Waals surface area contributed by atoms with E-state index >= 15 is 0 Å². The molecule has 3 N–H and O–H groups in total. The summed E-state index contributed by atoms with van der Waals surface area (Å²) >= 11 is 0. The number of hydrogen-bond acceptors (Lipinski definition) is 3. The summed E-state index contributed by atoms with van der Waals surface area (Å²) in [7, 11) is 0. The maximum absolute atomic E-state index is 5.80. The van der Waals surface area contributed by atoms with Gasteiger partial charge in [0.25, 0.3) is 0 Å². The summed E-state index contributed by atoms with van der Waals surface area (Å²) < 4.78 is 0. The van der Waals surface area contributed by atoms with Crippen LogP contribution in [0.3, 0.4) is 0 Å². The van der Waals surface area contributed by atoms with Gasteiger partial charge in [-0.3, -0.25) is 0 Å². The second-order valence-electron chi connectivity index (χ2n) is 3.45. The van der Waals surface area contributed by atoms with Gasteiger partial charge in [-0.05, 0) is 50.0 Å². The summed E-state index contributed by atoms with van der Waals surface area (Å²) in [6.07, 6.45) is 3.89. The van der Waals surface area contributed by atoms with E-state index in [0.29, 0.717) is 5.82 Å². The second-order valence-corrected chi connectivity index (χ2v) is 3.45. The van der Waals surface area contributed by atoms with Gasteiger partial charge >= 0.3 is 0 Å². The molecule has 1 aromatic heterocycles. The lowest BCUT2D eigenvalue weighted by molar-refractivity contribution is 0.671. The molecule has 1 aromatic rings. The Labute approximate surface area is 85.7 Å². The quantitative estimate of drug-likeness (QED) is 0.697. The van der Waals surface area contributed by atoms with Gasteiger partial charge in [0, 0.05) is 6.20 Å². The molecule has 0 bridgehead atoms. The summed E-state index contributed by atoms with van der Waals surface area (Å²) in [5.41, 5.74) is 8.25. The molecule has 0 atom stereocenters. The summed E-state index contributed by atoms with van der Waals surface area (Å²) in [5.74, 6) is 0.682. The first-order valence-electron chi connectivity index (χ1n) is 5.16. The number of rotatable bonds is 5. The topological polar surface area (TPSA) is 50.9 Å². The SMILES string of the molecule is CCNCCCc1c(C)ccnc1N. The van der Waals surface area contributed by atoms with E-state index in [1.165, 1.54) is 11.1 Å². The molecule has 0 aliphatic carbocycles. The van der Waals surface area contributed by atoms with Crippen LogP contribution >= 0.6 is 0 Å². The molecule has 0 unspecified atom stereocenters. The molecule has 1 heterocycles. The molecule has 0 radical (unpaired) electrons. The third kappa shape index (κ3) is 3.00. The highest BCUT2D eigenvalue weighted by Gasteiger charge is 2.02. The van der Waals surface area contributed by atoms with E-state index < -0.39 is 0 Å². The molecule has 0 saturated heterocycles. The minimum atomic E-state index is 0.682. The average Bonchev–Trinajstić information content (AvgIpc) is 2.16. The Kier molecular flexibility index (Phi) is 4.40. The Balaban J connectivity index is 2.49. The van der Waals surface area contributed by atoms with Crippen LogP contribution in [0.2, 0.25) is 0 Å². The van der Waals surface area contributed by atoms with Crippen molar-refractivity contribution in [1.82, 2.24) is 10.3 Å². The summed E-state index contributed by atoms with van der Waals surface area (Å²) in [6.45, 7) is 6.27. The second kappa shape index (κ2) is 5.60. The first-order valence-corrected chi connectivity index (χ1v) is 5.16. The third-order valence-electron chi connectivity index (χ3n) is 2.35. The van der Waals surface area contributed by atoms with E-state index in [2.05, 4.69) is 24.1 Å². The van der Waals surface area contributed by atoms with Crippen molar-refractivity contribution in [2.24, 2.45) is 0 Å². The molecule has 0 spiro atoms. The molecule has 0 saturated carbocycles. The van der Waals surface area contributed by atoms with Crippen LogP contribution in [0.1, 0.15) is 24.5 Å². The lowest BCUT2D eigenvalue weighted by Crippen LogP contribution is -2.15. The lowest BCUT2D eigenvalue weighted by Gasteiger charge is -2.08. The van der Waals surface area contributed by atoms with Gasteiger partial charge in [-0.1, -0.05) is 6.92 Å². The molecule has 0 fully saturated rings. The standard InChI is InChI=1S/C11H19N3/c1-3-13-7-4-5-10-9(2)6-8-14-11(10)12/h6,8,13H,3-5,7H2,1-2H3,(H2,12,14). The molecule has 14 heavy (non-hydrogen) atoms. The van der Waals surface area contributed by atoms with E-state index in [1.54, 1.807) is 6.20 Å². The fourth-order valence-electron chi connectivity index (χ4n) is 1.50. The minimum Gasteiger partial charge on any atom is -0.383 e. The first-order chi connectivity index (χ1) is 6.75. The fraction of sp³-hybridized carbons (Fsp3) is 0.545. The average molecular weight is 193 g/mol. The molecule has 1 rings (SSSR count). The van der Waals surface area contributed by atoms with Gasteiger partial charge in [0.2, 0.25) is 0 Å². The highest BCUT2D eigenvalue weighted by Crippen LogP contribution is 2.14. The monoisotopic (exact) mass is 193 g/mol. The van der Waals surface area contributed by atoms with E-state index in [9.17, 15) is 0 Å². The van der Waals surface area contributed by atoms with Gasteiger partial charge in [0.1, 0.15) is 5.82 Å². The highest BCUT2D eigenvalue weighted by molar-refractivity contribution is 5.43. The maximum atomic E-state index is 5.80. The van der Waals surface area contributed by atoms with Crippen molar-refractivity contribution in [3.8, 4) is 0 Å². The van der Waals surface area contributed by atoms with E-state index in [1.807, 2.05) is 6.07 Å². The molecule has 78 valence electrons. The molecular formula is C11H19N3. The van der Waals surface area contributed by atoms with E-state index in [0.717, 1.165) is 25.9 Å². The summed E-state index contributed by atoms with van der Waals surface area (Å²) in [4.78, 5) is 4.10. The van der Waals surface area contributed by atoms with Crippen LogP contribution in [-0.2, 0) is 6.42 Å². The van der Waals surface area contributed by atoms with Gasteiger partial charge in [-0.15, -0.1) is 0 Å². The zero-order chi connectivity index (χ0) is 10.4. The molecule has 0 aromatic carbocycles. The van der Waals surface area contributed by atoms with Crippen molar-refractivity contribution in [1.29, 1.82) is 0 Å². The van der Waals surface area contributed by atoms with Crippen LogP contribution in [0.25, 0.3) is 0 Å². The number of aromatic nitrogens is 1. The molecule has 0 aliphatic rings. The Morgan fingerprint density at radius 1 is 1.50 bits per heavy atom. The molecule has 3 heteroatoms. The zero-order valence-corrected chi connectivity index (χ0v) is 9.01. The molecule has 3 nitrogen and oxygen atoms in total. The number of pyridine rings is 1. The fourth-order valence-corrected chi connectivity index (χ4v) is 1.50. The van der Waals surface area contributed by atoms with Crippen LogP contribution in [0, 0.1) is 6.92 Å². The Hall–Kier alpha value is -1.09.